The number of hydrogen-bond acceptors (Lipinski definition) is 31. The Hall–Kier alpha value is -6.74. The van der Waals surface area contributed by atoms with Crippen LogP contribution < -0.4 is 20.8 Å². The summed E-state index contributed by atoms with van der Waals surface area (Å²) >= 11 is 0. The quantitative estimate of drug-likeness (QED) is 0.0517. The highest BCUT2D eigenvalue weighted by molar-refractivity contribution is 6.19. The summed E-state index contributed by atoms with van der Waals surface area (Å²) in [5, 5.41) is 139. The van der Waals surface area contributed by atoms with Crippen LogP contribution in [0.25, 0.3) is 10.8 Å². The van der Waals surface area contributed by atoms with E-state index in [4.69, 9.17) is 57.4 Å². The van der Waals surface area contributed by atoms with Crippen LogP contribution in [0.2, 0.25) is 0 Å². The molecule has 10 aliphatic rings. The highest BCUT2D eigenvalue weighted by Gasteiger charge is 2.57. The van der Waals surface area contributed by atoms with Gasteiger partial charge in [0.15, 0.2) is 24.0 Å². The van der Waals surface area contributed by atoms with E-state index < -0.39 is 197 Å². The largest absolute Gasteiger partial charge is 0.507 e. The van der Waals surface area contributed by atoms with Crippen LogP contribution in [0, 0.1) is 77.4 Å². The van der Waals surface area contributed by atoms with E-state index in [1.165, 1.54) is 79.8 Å². The lowest BCUT2D eigenvalue weighted by Gasteiger charge is -2.48. The van der Waals surface area contributed by atoms with Crippen molar-refractivity contribution >= 4 is 40.1 Å². The zero-order valence-electron chi connectivity index (χ0n) is 91.0. The number of likely N-dealkylation sites (N-methyl/N-ethyl adjacent to an activating group) is 2. The van der Waals surface area contributed by atoms with Crippen LogP contribution in [0.4, 0.5) is 5.69 Å². The SMILES string of the molecule is C=C1/C(=C\C=C2/CCC[C@]3(C)[C@@H]([C@H](C)CCCC(C)(C)O)CC[C@@H]23)C[C@@H](O)C[C@@H]1O.CC[C@H]1OC(=O)[C@H](C)[C@@H](OC2CC(C)(OC)C(O)C(C)O2)[C@H](C)[C@@H](OC2OC(C)CC(N(C)C)C2O)[C@](C)(O)C[C@@H](C)CN(C)[C@H](C)[C@@H](O)[C@]1(C)O.CO[C@H]1/C=C\O[C@@]2(C)Oc3c(C)c(O)c4c(O)c(c5c(c4c3C2=O)=NC2(CCN(CC(C)C)CC2)N=5)NC(=O)/C(C)=C/C=C\[C@H](C)[C@H](O)[C@@H](C)[C@@H](O)[C@H](C)[C@@H](OC(C)=O)[C@@H]1C. The molecule has 0 radical (unpaired) electrons. The summed E-state index contributed by atoms with van der Waals surface area (Å²) in [5.41, 5.74) is -1.78. The number of rotatable bonds is 17. The van der Waals surface area contributed by atoms with Crippen molar-refractivity contribution in [3.63, 3.8) is 0 Å². The van der Waals surface area contributed by atoms with Gasteiger partial charge in [-0.1, -0.05) is 132 Å². The number of carbonyl (C=O) groups is 4. The Morgan fingerprint density at radius 3 is 2.06 bits per heavy atom. The van der Waals surface area contributed by atoms with Crippen molar-refractivity contribution in [2.75, 3.05) is 66.9 Å². The first-order valence-electron chi connectivity index (χ1n) is 52.5. The molecule has 1 spiro atoms. The summed E-state index contributed by atoms with van der Waals surface area (Å²) in [6.07, 6.45) is 10.7. The highest BCUT2D eigenvalue weighted by atomic mass is 16.7. The molecule has 8 unspecified atom stereocenters. The maximum atomic E-state index is 14.7. The van der Waals surface area contributed by atoms with Gasteiger partial charge in [-0.15, -0.1) is 0 Å². The number of carbonyl (C=O) groups excluding carboxylic acids is 4. The number of aliphatic hydroxyl groups is 10. The Morgan fingerprint density at radius 2 is 1.45 bits per heavy atom. The molecule has 7 heterocycles. The number of aromatic hydroxyl groups is 2. The van der Waals surface area contributed by atoms with Crippen molar-refractivity contribution < 1.29 is 128 Å². The number of cyclic esters (lactones) is 1. The fourth-order valence-corrected chi connectivity index (χ4v) is 24.7. The predicted octanol–water partition coefficient (Wildman–Crippen LogP) is 12.4. The Kier molecular flexibility index (Phi) is 39.7. The number of amides is 1. The van der Waals surface area contributed by atoms with Gasteiger partial charge in [-0.3, -0.25) is 29.2 Å². The first-order chi connectivity index (χ1) is 66.6. The Balaban J connectivity index is 0.000000232. The van der Waals surface area contributed by atoms with E-state index in [-0.39, 0.29) is 92.7 Å². The molecule has 12 rings (SSSR count). The van der Waals surface area contributed by atoms with Gasteiger partial charge in [0.25, 0.3) is 11.7 Å². The van der Waals surface area contributed by atoms with E-state index in [9.17, 15) is 80.5 Å². The zero-order valence-corrected chi connectivity index (χ0v) is 91.0. The van der Waals surface area contributed by atoms with E-state index in [0.29, 0.717) is 74.9 Å². The molecule has 0 aromatic heterocycles. The Morgan fingerprint density at radius 1 is 0.790 bits per heavy atom. The average Bonchev–Trinajstić information content (AvgIpc) is 1.54. The number of hydrogen-bond donors (Lipinski definition) is 13. The van der Waals surface area contributed by atoms with Crippen LogP contribution in [-0.4, -0.2) is 305 Å². The van der Waals surface area contributed by atoms with Gasteiger partial charge in [-0.2, -0.15) is 0 Å². The molecule has 13 N–H and O–H groups in total. The molecular formula is C111H178N6O26. The van der Waals surface area contributed by atoms with Gasteiger partial charge in [0, 0.05) is 138 Å². The number of likely N-dealkylation sites (tertiary alicyclic amines) is 1. The lowest BCUT2D eigenvalue weighted by Crippen LogP contribution is -2.60. The molecule has 32 nitrogen and oxygen atoms in total. The number of phenols is 2. The Labute approximate surface area is 849 Å². The number of benzene rings is 2. The number of aliphatic hydroxyl groups excluding tert-OH is 7. The van der Waals surface area contributed by atoms with Gasteiger partial charge >= 0.3 is 17.7 Å². The summed E-state index contributed by atoms with van der Waals surface area (Å²) in [5.74, 6) is -6.92. The summed E-state index contributed by atoms with van der Waals surface area (Å²) in [6.45, 7) is 50.4. The van der Waals surface area contributed by atoms with Crippen molar-refractivity contribution in [1.29, 1.82) is 0 Å². The Bertz CT molecular complexity index is 5020. The lowest BCUT2D eigenvalue weighted by molar-refractivity contribution is -0.318. The van der Waals surface area contributed by atoms with Crippen LogP contribution in [0.5, 0.6) is 17.2 Å². The van der Waals surface area contributed by atoms with Gasteiger partial charge in [0.05, 0.1) is 100 Å². The van der Waals surface area contributed by atoms with Gasteiger partial charge in [0.1, 0.15) is 58.7 Å². The number of methoxy groups -OCH3 is 2. The second-order valence-corrected chi connectivity index (χ2v) is 46.5. The standard InChI is InChI=1S/C46H62N4O11.C38H72N2O12.C27H44O3/c1-22(2)21-50-18-16-46(17-19-50)48-34-31-32-39(54)28(8)42-33(31)43(56)45(10,61-42)59-20-15-30(58-11)25(5)41(60-29(9)51)27(7)38(53)26(6)37(52)23(3)13-12-14-24(4)44(57)47-36(40(32)55)35(34)49-46;1-15-27-38(10,46)31(42)24(6)40(13)19-20(2)17-36(8,45)33(52-35-29(41)26(39(11)12)16-21(3)48-35)22(4)30(23(5)34(44)50-27)51-28-18-37(9,47-14)32(43)25(7)49-28;1-18(8-6-14-26(3,4)30)23-12-13-24-20(9-7-15-27(23,24)5)10-11-21-16-22(28)17-25(29)19(21)2/h12-15,20,22-23,25-27,30,37-38,41,52-55H,16-19,21H2,1-11H3,(H,47,57);20-33,35,41-43,45-46H,15-19H2,1-14H3;10-11,18,22-25,28-30H,2,6-9,12-17H2,1,3-5H3/b13-12-,20-15-,24-14+;;20-10+,21-11-/t23-,25+,26+,27-,30-,37-,38+,41-,45-;20-,21?,22+,23-,24-,25?,26?,27-,28?,29?,30+,31-,32?,33-,35?,36-,37?,38-;18-,22-,23-,24+,25+,27-/m011/s1. The highest BCUT2D eigenvalue weighted by Crippen LogP contribution is 2.61. The second kappa shape index (κ2) is 48.1. The molecule has 4 saturated heterocycles. The minimum Gasteiger partial charge on any atom is -0.507 e. The van der Waals surface area contributed by atoms with E-state index in [0.717, 1.165) is 36.5 Å². The third kappa shape index (κ3) is 26.6. The molecule has 33 atom stereocenters. The number of nitrogens with zero attached hydrogens (tertiary/aromatic N) is 5. The number of allylic oxidation sites excluding steroid dienone is 5. The molecule has 143 heavy (non-hydrogen) atoms. The van der Waals surface area contributed by atoms with Crippen LogP contribution in [-0.2, 0) is 57.0 Å². The van der Waals surface area contributed by atoms with Crippen molar-refractivity contribution in [3.05, 3.63) is 93.4 Å². The van der Waals surface area contributed by atoms with Crippen molar-refractivity contribution in [3.8, 4) is 17.2 Å². The molecule has 7 aliphatic heterocycles. The number of ketones is 1. The maximum Gasteiger partial charge on any atom is 0.312 e. The minimum absolute atomic E-state index is 0.0364. The summed E-state index contributed by atoms with van der Waals surface area (Å²) in [4.78, 5) is 71.7. The molecule has 2 aromatic rings. The first-order valence-corrected chi connectivity index (χ1v) is 52.5. The molecule has 808 valence electrons. The number of fused-ring (bicyclic) bond motifs is 2. The smallest absolute Gasteiger partial charge is 0.312 e. The predicted molar refractivity (Wildman–Crippen MR) is 546 cm³/mol. The van der Waals surface area contributed by atoms with E-state index in [1.54, 1.807) is 113 Å². The molecular weight excluding hydrogens is 1830 g/mol. The van der Waals surface area contributed by atoms with Crippen LogP contribution >= 0.6 is 0 Å². The van der Waals surface area contributed by atoms with Gasteiger partial charge in [0.2, 0.25) is 0 Å². The summed E-state index contributed by atoms with van der Waals surface area (Å²) in [6, 6.07) is -0.808. The number of piperidine rings is 1. The third-order valence-electron chi connectivity index (χ3n) is 33.5. The zero-order chi connectivity index (χ0) is 107. The number of Topliss-reactive ketones (excluding diaryl/α,β-unsaturated/α-hetero) is 1. The molecule has 1 amide bonds. The number of esters is 2. The number of ether oxygens (including phenoxy) is 10. The molecule has 7 fully saturated rings. The summed E-state index contributed by atoms with van der Waals surface area (Å²) < 4.78 is 61.5. The van der Waals surface area contributed by atoms with Gasteiger partial charge in [-0.25, -0.2) is 0 Å². The minimum atomic E-state index is -1.96. The van der Waals surface area contributed by atoms with Crippen molar-refractivity contribution in [1.82, 2.24) is 14.7 Å². The van der Waals surface area contributed by atoms with Crippen LogP contribution in [0.15, 0.2) is 81.6 Å². The molecule has 3 aliphatic carbocycles. The van der Waals surface area contributed by atoms with E-state index in [1.807, 2.05) is 65.6 Å². The number of anilines is 1. The summed E-state index contributed by atoms with van der Waals surface area (Å²) in [7, 11) is 8.59. The van der Waals surface area contributed by atoms with Crippen molar-refractivity contribution in [2.45, 2.75) is 413 Å². The van der Waals surface area contributed by atoms with Gasteiger partial charge in [-0.05, 0) is 214 Å². The number of nitrogens with one attached hydrogen (secondary N) is 1. The normalized spacial score (nSPS) is 40.1. The molecule has 4 bridgehead atoms. The second-order valence-electron chi connectivity index (χ2n) is 46.5. The third-order valence-corrected chi connectivity index (χ3v) is 33.5. The van der Waals surface area contributed by atoms with E-state index >= 15 is 0 Å². The average molecular weight is 2010 g/mol. The molecule has 3 saturated carbocycles. The molecule has 32 heteroatoms. The topological polar surface area (TPSA) is 450 Å². The monoisotopic (exact) mass is 2010 g/mol. The fourth-order valence-electron chi connectivity index (χ4n) is 24.7. The van der Waals surface area contributed by atoms with Crippen molar-refractivity contribution in [2.24, 2.45) is 80.5 Å². The fraction of sp³-hybridized carbons (Fsp3) is 0.766. The van der Waals surface area contributed by atoms with Crippen LogP contribution in [0.3, 0.4) is 0 Å². The lowest BCUT2D eigenvalue weighted by atomic mass is 9.60. The first kappa shape index (κ1) is 118. The maximum absolute atomic E-state index is 14.7. The van der Waals surface area contributed by atoms with E-state index in [2.05, 4.69) is 56.6 Å². The van der Waals surface area contributed by atoms with Gasteiger partial charge < -0.3 is 129 Å². The molecule has 2 aromatic carbocycles. The van der Waals surface area contributed by atoms with Crippen LogP contribution in [0.1, 0.15) is 278 Å². The number of phenolic OH excluding ortho intramolecular Hbond substituents is 2.